The number of morpholine rings is 1. The van der Waals surface area contributed by atoms with Crippen LogP contribution in [0.15, 0.2) is 52.8 Å². The van der Waals surface area contributed by atoms with E-state index in [-0.39, 0.29) is 6.04 Å². The number of rotatable bonds is 8. The van der Waals surface area contributed by atoms with Crippen LogP contribution in [-0.2, 0) is 4.74 Å². The molecule has 1 aromatic heterocycles. The summed E-state index contributed by atoms with van der Waals surface area (Å²) in [4.78, 5) is 10.6. The molecule has 2 atom stereocenters. The zero-order valence-corrected chi connectivity index (χ0v) is 18.5. The first-order valence-corrected chi connectivity index (χ1v) is 11.1. The van der Waals surface area contributed by atoms with Crippen LogP contribution >= 0.6 is 11.3 Å². The van der Waals surface area contributed by atoms with Crippen LogP contribution in [0.4, 0.5) is 0 Å². The zero-order valence-electron chi connectivity index (χ0n) is 17.7. The second-order valence-electron chi connectivity index (χ2n) is 7.40. The van der Waals surface area contributed by atoms with Crippen LogP contribution in [0.1, 0.15) is 22.5 Å². The van der Waals surface area contributed by atoms with Crippen LogP contribution in [0.5, 0.6) is 0 Å². The van der Waals surface area contributed by atoms with Crippen molar-refractivity contribution in [3.8, 4) is 0 Å². The van der Waals surface area contributed by atoms with Crippen LogP contribution in [0.25, 0.3) is 0 Å². The molecule has 1 aliphatic heterocycles. The van der Waals surface area contributed by atoms with Gasteiger partial charge in [0.2, 0.25) is 0 Å². The fraction of sp³-hybridized carbons (Fsp3) is 0.500. The third kappa shape index (κ3) is 6.27. The monoisotopic (exact) mass is 415 g/mol. The third-order valence-corrected chi connectivity index (χ3v) is 6.29. The van der Waals surface area contributed by atoms with E-state index in [4.69, 9.17) is 4.74 Å². The average Bonchev–Trinajstić information content (AvgIpc) is 3.28. The Balaban J connectivity index is 1.59. The molecule has 0 bridgehead atoms. The Morgan fingerprint density at radius 3 is 2.45 bits per heavy atom. The Bertz CT molecular complexity index is 729. The highest BCUT2D eigenvalue weighted by molar-refractivity contribution is 7.10. The zero-order chi connectivity index (χ0) is 20.5. The number of hydrogen-bond donors (Lipinski definition) is 2. The number of benzene rings is 1. The smallest absolute Gasteiger partial charge is 0.191 e. The molecule has 7 heteroatoms. The molecule has 1 saturated heterocycles. The summed E-state index contributed by atoms with van der Waals surface area (Å²) in [6, 6.07) is 15.5. The van der Waals surface area contributed by atoms with Crippen LogP contribution in [-0.4, -0.2) is 76.3 Å². The van der Waals surface area contributed by atoms with E-state index in [0.717, 1.165) is 45.4 Å². The number of nitrogens with zero attached hydrogens (tertiary/aromatic N) is 3. The molecule has 158 valence electrons. The van der Waals surface area contributed by atoms with E-state index in [2.05, 4.69) is 87.4 Å². The summed E-state index contributed by atoms with van der Waals surface area (Å²) in [6.07, 6.45) is 0. The summed E-state index contributed by atoms with van der Waals surface area (Å²) in [5.74, 6) is 0.836. The fourth-order valence-corrected chi connectivity index (χ4v) is 4.52. The van der Waals surface area contributed by atoms with Gasteiger partial charge in [-0.2, -0.15) is 0 Å². The molecular weight excluding hydrogens is 382 g/mol. The number of hydrogen-bond acceptors (Lipinski definition) is 5. The third-order valence-electron chi connectivity index (χ3n) is 5.32. The standard InChI is InChI=1S/C22H33N5OS/c1-23-22(24-16-19(26(2)3)18-8-5-4-6-9-18)25-17-20(21-10-7-15-29-21)27-11-13-28-14-12-27/h4-10,15,19-20H,11-14,16-17H2,1-3H3,(H2,23,24,25). The van der Waals surface area contributed by atoms with Crippen LogP contribution in [0, 0.1) is 0 Å². The number of guanidine groups is 1. The molecule has 0 spiro atoms. The summed E-state index contributed by atoms with van der Waals surface area (Å²) in [7, 11) is 6.05. The topological polar surface area (TPSA) is 52.1 Å². The lowest BCUT2D eigenvalue weighted by atomic mass is 10.1. The van der Waals surface area contributed by atoms with Gasteiger partial charge in [-0.25, -0.2) is 0 Å². The van der Waals surface area contributed by atoms with E-state index in [1.54, 1.807) is 0 Å². The highest BCUT2D eigenvalue weighted by atomic mass is 32.1. The van der Waals surface area contributed by atoms with Gasteiger partial charge in [-0.05, 0) is 31.1 Å². The predicted octanol–water partition coefficient (Wildman–Crippen LogP) is 2.59. The van der Waals surface area contributed by atoms with Crippen molar-refractivity contribution in [3.05, 3.63) is 58.3 Å². The molecule has 2 heterocycles. The number of likely N-dealkylation sites (N-methyl/N-ethyl adjacent to an activating group) is 1. The summed E-state index contributed by atoms with van der Waals surface area (Å²) in [6.45, 7) is 5.14. The molecule has 0 radical (unpaired) electrons. The molecule has 29 heavy (non-hydrogen) atoms. The van der Waals surface area contributed by atoms with Crippen molar-refractivity contribution in [1.82, 2.24) is 20.4 Å². The van der Waals surface area contributed by atoms with Gasteiger partial charge in [0.25, 0.3) is 0 Å². The summed E-state index contributed by atoms with van der Waals surface area (Å²) >= 11 is 1.81. The largest absolute Gasteiger partial charge is 0.379 e. The maximum atomic E-state index is 5.54. The minimum absolute atomic E-state index is 0.280. The Kier molecular flexibility index (Phi) is 8.49. The van der Waals surface area contributed by atoms with Crippen molar-refractivity contribution in [2.24, 2.45) is 4.99 Å². The van der Waals surface area contributed by atoms with Crippen LogP contribution in [0.3, 0.4) is 0 Å². The lowest BCUT2D eigenvalue weighted by Gasteiger charge is -2.34. The Morgan fingerprint density at radius 2 is 1.83 bits per heavy atom. The van der Waals surface area contributed by atoms with Gasteiger partial charge in [-0.15, -0.1) is 11.3 Å². The van der Waals surface area contributed by atoms with Gasteiger partial charge in [0, 0.05) is 38.1 Å². The first-order valence-electron chi connectivity index (χ1n) is 10.2. The maximum Gasteiger partial charge on any atom is 0.191 e. The molecule has 0 amide bonds. The predicted molar refractivity (Wildman–Crippen MR) is 122 cm³/mol. The van der Waals surface area contributed by atoms with Crippen molar-refractivity contribution in [1.29, 1.82) is 0 Å². The van der Waals surface area contributed by atoms with E-state index < -0.39 is 0 Å². The highest BCUT2D eigenvalue weighted by Gasteiger charge is 2.24. The molecule has 3 rings (SSSR count). The average molecular weight is 416 g/mol. The second kappa shape index (κ2) is 11.3. The van der Waals surface area contributed by atoms with Crippen molar-refractivity contribution in [2.75, 3.05) is 60.5 Å². The molecule has 2 N–H and O–H groups in total. The number of nitrogens with one attached hydrogen (secondary N) is 2. The van der Waals surface area contributed by atoms with E-state index in [9.17, 15) is 0 Å². The molecule has 1 aliphatic rings. The first-order chi connectivity index (χ1) is 14.2. The van der Waals surface area contributed by atoms with Crippen molar-refractivity contribution in [2.45, 2.75) is 12.1 Å². The van der Waals surface area contributed by atoms with E-state index in [1.807, 2.05) is 18.4 Å². The number of aliphatic imine (C=N–C) groups is 1. The lowest BCUT2D eigenvalue weighted by Crippen LogP contribution is -2.47. The quantitative estimate of drug-likeness (QED) is 0.513. The molecule has 2 aromatic rings. The summed E-state index contributed by atoms with van der Waals surface area (Å²) in [5.41, 5.74) is 1.30. The van der Waals surface area contributed by atoms with Crippen LogP contribution in [0.2, 0.25) is 0 Å². The molecular formula is C22H33N5OS. The SMILES string of the molecule is CN=C(NCC(c1ccccc1)N(C)C)NCC(c1cccs1)N1CCOCC1. The van der Waals surface area contributed by atoms with Gasteiger partial charge >= 0.3 is 0 Å². The van der Waals surface area contributed by atoms with Crippen LogP contribution < -0.4 is 10.6 Å². The second-order valence-corrected chi connectivity index (χ2v) is 8.38. The first kappa shape index (κ1) is 21.8. The molecule has 0 aliphatic carbocycles. The van der Waals surface area contributed by atoms with Gasteiger partial charge in [0.1, 0.15) is 0 Å². The number of thiophene rings is 1. The molecule has 6 nitrogen and oxygen atoms in total. The Labute approximate surface area is 178 Å². The van der Waals surface area contributed by atoms with Gasteiger partial charge in [0.05, 0.1) is 25.3 Å². The molecule has 2 unspecified atom stereocenters. The minimum Gasteiger partial charge on any atom is -0.379 e. The fourth-order valence-electron chi connectivity index (χ4n) is 3.66. The van der Waals surface area contributed by atoms with Crippen molar-refractivity contribution >= 4 is 17.3 Å². The Morgan fingerprint density at radius 1 is 1.10 bits per heavy atom. The van der Waals surface area contributed by atoms with E-state index in [0.29, 0.717) is 6.04 Å². The van der Waals surface area contributed by atoms with Crippen molar-refractivity contribution < 1.29 is 4.74 Å². The molecule has 0 saturated carbocycles. The maximum absolute atomic E-state index is 5.54. The van der Waals surface area contributed by atoms with Gasteiger partial charge < -0.3 is 20.3 Å². The van der Waals surface area contributed by atoms with Crippen molar-refractivity contribution in [3.63, 3.8) is 0 Å². The van der Waals surface area contributed by atoms with Gasteiger partial charge in [-0.3, -0.25) is 9.89 Å². The molecule has 1 aromatic carbocycles. The lowest BCUT2D eigenvalue weighted by molar-refractivity contribution is 0.0177. The minimum atomic E-state index is 0.280. The Hall–Kier alpha value is -1.93. The van der Waals surface area contributed by atoms with E-state index in [1.165, 1.54) is 10.4 Å². The van der Waals surface area contributed by atoms with Gasteiger partial charge in [0.15, 0.2) is 5.96 Å². The summed E-state index contributed by atoms with van der Waals surface area (Å²) < 4.78 is 5.54. The number of ether oxygens (including phenoxy) is 1. The summed E-state index contributed by atoms with van der Waals surface area (Å²) in [5, 5.41) is 9.21. The van der Waals surface area contributed by atoms with Gasteiger partial charge in [-0.1, -0.05) is 36.4 Å². The van der Waals surface area contributed by atoms with E-state index >= 15 is 0 Å². The molecule has 1 fully saturated rings. The highest BCUT2D eigenvalue weighted by Crippen LogP contribution is 2.25. The normalized spacial score (nSPS) is 17.9.